The molecule has 20 heteroatoms. The number of hydrogen-bond donors (Lipinski definition) is 13. The fourth-order valence-corrected chi connectivity index (χ4v) is 3.47. The minimum Gasteiger partial charge on any atom is -0.382 e. The summed E-state index contributed by atoms with van der Waals surface area (Å²) in [4.78, 5) is 65.6. The average molecular weight is 596 g/mol. The summed E-state index contributed by atoms with van der Waals surface area (Å²) in [6.45, 7) is 1.31. The van der Waals surface area contributed by atoms with E-state index in [0.29, 0.717) is 19.4 Å². The van der Waals surface area contributed by atoms with Crippen molar-refractivity contribution in [3.63, 3.8) is 0 Å². The third kappa shape index (κ3) is 12.5. The number of nitrogens with zero attached hydrogens (tertiary/aromatic N) is 3. The summed E-state index contributed by atoms with van der Waals surface area (Å²) in [5, 5.41) is 10.2. The Bertz CT molecular complexity index is 1050. The standard InChI is InChI=1S/C22H42N16O4/c23-5-9-31-17(39)11(3-1-7-33-21(27)28)35-19(41)13-15(25)38-14(16(26)37-13)20(42)36-12(18(40)32-10-6-24)4-2-8-34-22(29)30/h11-12H,1-10,23-24H2,(H2,26,37)(H2,25,38)(H,31,39)(H,32,40)(H,35,41)(H,36,42)(H4,27,28,33)(H4,29,30,34)/p+1. The van der Waals surface area contributed by atoms with Crippen molar-refractivity contribution in [1.82, 2.24) is 31.2 Å². The molecule has 0 saturated heterocycles. The highest BCUT2D eigenvalue weighted by atomic mass is 16.2. The van der Waals surface area contributed by atoms with Crippen molar-refractivity contribution in [2.75, 3.05) is 50.7 Å². The van der Waals surface area contributed by atoms with Crippen LogP contribution in [0.1, 0.15) is 46.7 Å². The first-order valence-corrected chi connectivity index (χ1v) is 13.1. The Morgan fingerprint density at radius 3 is 1.62 bits per heavy atom. The fraction of sp³-hybridized carbons (Fsp3) is 0.545. The summed E-state index contributed by atoms with van der Waals surface area (Å²) in [5.74, 6) is -3.69. The Hall–Kier alpha value is -4.98. The van der Waals surface area contributed by atoms with Gasteiger partial charge in [-0.25, -0.2) is 9.97 Å². The van der Waals surface area contributed by atoms with E-state index >= 15 is 0 Å². The van der Waals surface area contributed by atoms with Gasteiger partial charge in [0.05, 0.1) is 6.54 Å². The second-order valence-electron chi connectivity index (χ2n) is 8.88. The lowest BCUT2D eigenvalue weighted by Gasteiger charge is -2.19. The smallest absolute Gasteiger partial charge is 0.338 e. The average Bonchev–Trinajstić information content (AvgIpc) is 2.93. The van der Waals surface area contributed by atoms with E-state index in [1.165, 1.54) is 0 Å². The minimum absolute atomic E-state index is 0.0132. The molecular weight excluding hydrogens is 552 g/mol. The molecule has 42 heavy (non-hydrogen) atoms. The van der Waals surface area contributed by atoms with Crippen molar-refractivity contribution < 1.29 is 24.2 Å². The largest absolute Gasteiger partial charge is 0.382 e. The highest BCUT2D eigenvalue weighted by Crippen LogP contribution is 2.14. The molecule has 21 N–H and O–H groups in total. The van der Waals surface area contributed by atoms with E-state index in [1.54, 1.807) is 0 Å². The van der Waals surface area contributed by atoms with Crippen LogP contribution in [0.15, 0.2) is 4.99 Å². The number of anilines is 2. The monoisotopic (exact) mass is 595 g/mol. The Morgan fingerprint density at radius 1 is 0.762 bits per heavy atom. The molecular formula is C22H43N16O4+. The van der Waals surface area contributed by atoms with Gasteiger partial charge in [0.2, 0.25) is 11.8 Å². The van der Waals surface area contributed by atoms with Gasteiger partial charge in [0.15, 0.2) is 29.0 Å². The minimum atomic E-state index is -1.02. The summed E-state index contributed by atoms with van der Waals surface area (Å²) in [6.07, 6.45) is 1.13. The first kappa shape index (κ1) is 35.0. The molecule has 4 amide bonds. The van der Waals surface area contributed by atoms with Crippen molar-refractivity contribution >= 4 is 47.2 Å². The second-order valence-corrected chi connectivity index (χ2v) is 8.88. The molecule has 234 valence electrons. The van der Waals surface area contributed by atoms with E-state index in [-0.39, 0.29) is 57.5 Å². The van der Waals surface area contributed by atoms with Gasteiger partial charge in [0.1, 0.15) is 12.1 Å². The third-order valence-corrected chi connectivity index (χ3v) is 5.45. The van der Waals surface area contributed by atoms with Crippen LogP contribution < -0.4 is 72.1 Å². The fourth-order valence-electron chi connectivity index (χ4n) is 3.47. The molecule has 0 aliphatic heterocycles. The first-order valence-electron chi connectivity index (χ1n) is 13.1. The van der Waals surface area contributed by atoms with Crippen LogP contribution >= 0.6 is 0 Å². The third-order valence-electron chi connectivity index (χ3n) is 5.45. The molecule has 1 rings (SSSR count). The van der Waals surface area contributed by atoms with Gasteiger partial charge in [-0.05, 0) is 25.7 Å². The molecule has 0 aliphatic rings. The quantitative estimate of drug-likeness (QED) is 0.0426. The van der Waals surface area contributed by atoms with E-state index in [2.05, 4.69) is 41.2 Å². The zero-order chi connectivity index (χ0) is 31.7. The van der Waals surface area contributed by atoms with Gasteiger partial charge in [-0.15, -0.1) is 0 Å². The van der Waals surface area contributed by atoms with Crippen molar-refractivity contribution in [1.29, 1.82) is 0 Å². The Kier molecular flexibility index (Phi) is 15.3. The van der Waals surface area contributed by atoms with E-state index in [4.69, 9.17) is 45.9 Å². The molecule has 2 unspecified atom stereocenters. The number of carbonyl (C=O) groups is 4. The molecule has 0 bridgehead atoms. The lowest BCUT2D eigenvalue weighted by Crippen LogP contribution is -2.78. The molecule has 1 aromatic rings. The zero-order valence-electron chi connectivity index (χ0n) is 23.3. The van der Waals surface area contributed by atoms with Crippen LogP contribution in [0, 0.1) is 0 Å². The number of nitrogens with one attached hydrogen (secondary N) is 5. The summed E-state index contributed by atoms with van der Waals surface area (Å²) >= 11 is 0. The van der Waals surface area contributed by atoms with Gasteiger partial charge < -0.3 is 55.7 Å². The van der Waals surface area contributed by atoms with Crippen LogP contribution in [0.5, 0.6) is 0 Å². The predicted octanol–water partition coefficient (Wildman–Crippen LogP) is -7.82. The predicted molar refractivity (Wildman–Crippen MR) is 156 cm³/mol. The molecule has 20 nitrogen and oxygen atoms in total. The van der Waals surface area contributed by atoms with Gasteiger partial charge in [0, 0.05) is 32.7 Å². The van der Waals surface area contributed by atoms with Crippen LogP contribution in [0.4, 0.5) is 11.6 Å². The van der Waals surface area contributed by atoms with E-state index in [9.17, 15) is 19.2 Å². The number of hydrogen-bond acceptors (Lipinski definition) is 11. The molecule has 2 atom stereocenters. The lowest BCUT2D eigenvalue weighted by molar-refractivity contribution is -0.459. The maximum Gasteiger partial charge on any atom is 0.338 e. The van der Waals surface area contributed by atoms with Gasteiger partial charge in [-0.2, -0.15) is 0 Å². The summed E-state index contributed by atoms with van der Waals surface area (Å²) in [5.41, 5.74) is 43.3. The van der Waals surface area contributed by atoms with E-state index in [1.807, 2.05) is 0 Å². The number of nitrogen functional groups attached to an aromatic ring is 2. The summed E-state index contributed by atoms with van der Waals surface area (Å²) < 4.78 is 0. The highest BCUT2D eigenvalue weighted by Gasteiger charge is 2.27. The lowest BCUT2D eigenvalue weighted by atomic mass is 10.1. The first-order chi connectivity index (χ1) is 19.9. The number of aromatic nitrogens is 2. The number of nitrogens with two attached hydrogens (primary N) is 8. The van der Waals surface area contributed by atoms with Crippen LogP contribution in [0.3, 0.4) is 0 Å². The SMILES string of the molecule is NCCNC(=O)C(CCCN=C(N)N)NC(=O)c1nc(N)c(C(=O)NC(CCC[NH+]=C(N)N)C(=O)NCCN)nc1N. The zero-order valence-corrected chi connectivity index (χ0v) is 23.3. The Balaban J connectivity index is 3.08. The molecule has 0 spiro atoms. The van der Waals surface area contributed by atoms with E-state index < -0.39 is 58.7 Å². The number of carbonyl (C=O) groups excluding carboxylic acids is 4. The second kappa shape index (κ2) is 18.4. The number of guanidine groups is 2. The molecule has 1 heterocycles. The number of aliphatic imine (C=N–C) groups is 1. The van der Waals surface area contributed by atoms with E-state index in [0.717, 1.165) is 0 Å². The molecule has 1 aromatic heterocycles. The molecule has 0 fully saturated rings. The Labute approximate surface area is 242 Å². The van der Waals surface area contributed by atoms with Crippen molar-refractivity contribution in [3.05, 3.63) is 11.4 Å². The van der Waals surface area contributed by atoms with Crippen LogP contribution in [-0.2, 0) is 9.59 Å². The van der Waals surface area contributed by atoms with Gasteiger partial charge in [0.25, 0.3) is 11.8 Å². The molecule has 0 radical (unpaired) electrons. The normalized spacial score (nSPS) is 11.9. The van der Waals surface area contributed by atoms with Crippen molar-refractivity contribution in [3.8, 4) is 0 Å². The number of rotatable bonds is 18. The number of amides is 4. The topological polar surface area (TPSA) is 377 Å². The Morgan fingerprint density at radius 2 is 1.21 bits per heavy atom. The van der Waals surface area contributed by atoms with Crippen LogP contribution in [0.2, 0.25) is 0 Å². The maximum atomic E-state index is 13.0. The van der Waals surface area contributed by atoms with Gasteiger partial charge >= 0.3 is 5.96 Å². The molecule has 0 aromatic carbocycles. The van der Waals surface area contributed by atoms with Crippen LogP contribution in [-0.4, -0.2) is 96.9 Å². The summed E-state index contributed by atoms with van der Waals surface area (Å²) in [7, 11) is 0. The van der Waals surface area contributed by atoms with Gasteiger partial charge in [-0.1, -0.05) is 0 Å². The van der Waals surface area contributed by atoms with Crippen molar-refractivity contribution in [2.24, 2.45) is 39.4 Å². The van der Waals surface area contributed by atoms with Crippen molar-refractivity contribution in [2.45, 2.75) is 37.8 Å². The highest BCUT2D eigenvalue weighted by molar-refractivity contribution is 6.03. The molecule has 0 aliphatic carbocycles. The van der Waals surface area contributed by atoms with Gasteiger partial charge in [-0.3, -0.25) is 40.6 Å². The molecule has 0 saturated carbocycles. The maximum absolute atomic E-state index is 13.0. The summed E-state index contributed by atoms with van der Waals surface area (Å²) in [6, 6.07) is -2.01. The van der Waals surface area contributed by atoms with Crippen LogP contribution in [0.25, 0.3) is 0 Å².